The van der Waals surface area contributed by atoms with Crippen LogP contribution in [-0.4, -0.2) is 28.2 Å². The van der Waals surface area contributed by atoms with Gasteiger partial charge in [-0.2, -0.15) is 0 Å². The van der Waals surface area contributed by atoms with E-state index in [4.69, 9.17) is 0 Å². The Morgan fingerprint density at radius 3 is 2.67 bits per heavy atom. The van der Waals surface area contributed by atoms with Crippen molar-refractivity contribution < 1.29 is 15.0 Å². The van der Waals surface area contributed by atoms with Gasteiger partial charge in [-0.15, -0.1) is 0 Å². The summed E-state index contributed by atoms with van der Waals surface area (Å²) in [6.07, 6.45) is 1.16. The molecule has 0 unspecified atom stereocenters. The third-order valence-electron chi connectivity index (χ3n) is 4.89. The van der Waals surface area contributed by atoms with Gasteiger partial charge in [0.05, 0.1) is 6.10 Å². The molecule has 1 fully saturated rings. The quantitative estimate of drug-likeness (QED) is 0.698. The molecule has 2 N–H and O–H groups in total. The van der Waals surface area contributed by atoms with Gasteiger partial charge in [-0.25, -0.2) is 0 Å². The molecule has 0 aromatic heterocycles. The van der Waals surface area contributed by atoms with Gasteiger partial charge in [0.1, 0.15) is 6.10 Å². The Morgan fingerprint density at radius 1 is 1.50 bits per heavy atom. The van der Waals surface area contributed by atoms with Crippen LogP contribution < -0.4 is 0 Å². The van der Waals surface area contributed by atoms with Crippen LogP contribution in [0.15, 0.2) is 23.8 Å². The van der Waals surface area contributed by atoms with E-state index in [9.17, 15) is 15.0 Å². The smallest absolute Gasteiger partial charge is 0.162 e. The predicted molar refractivity (Wildman–Crippen MR) is 69.9 cm³/mol. The van der Waals surface area contributed by atoms with E-state index >= 15 is 0 Å². The SMILES string of the molecule is C=C(C)[C@H]1C[C@@]2(C)C(=CC1=O)[C@H](O)[C@H](O)C[C@@H]2C. The molecule has 2 rings (SSSR count). The highest BCUT2D eigenvalue weighted by molar-refractivity contribution is 5.95. The third-order valence-corrected chi connectivity index (χ3v) is 4.89. The molecule has 0 radical (unpaired) electrons. The fourth-order valence-corrected chi connectivity index (χ4v) is 3.35. The number of carbonyl (C=O) groups excluding carboxylic acids is 1. The summed E-state index contributed by atoms with van der Waals surface area (Å²) in [5.74, 6) is 0.107. The van der Waals surface area contributed by atoms with Crippen molar-refractivity contribution >= 4 is 5.78 Å². The van der Waals surface area contributed by atoms with E-state index in [0.29, 0.717) is 18.4 Å². The number of aliphatic hydroxyl groups excluding tert-OH is 2. The van der Waals surface area contributed by atoms with Gasteiger partial charge in [0.2, 0.25) is 0 Å². The van der Waals surface area contributed by atoms with Crippen LogP contribution in [0, 0.1) is 17.3 Å². The molecule has 0 heterocycles. The number of fused-ring (bicyclic) bond motifs is 1. The average Bonchev–Trinajstić information content (AvgIpc) is 2.28. The summed E-state index contributed by atoms with van der Waals surface area (Å²) >= 11 is 0. The minimum Gasteiger partial charge on any atom is -0.390 e. The topological polar surface area (TPSA) is 57.5 Å². The zero-order valence-corrected chi connectivity index (χ0v) is 11.3. The van der Waals surface area contributed by atoms with Crippen LogP contribution in [0.5, 0.6) is 0 Å². The fraction of sp³-hybridized carbons (Fsp3) is 0.667. The minimum absolute atomic E-state index is 0.00956. The maximum Gasteiger partial charge on any atom is 0.162 e. The van der Waals surface area contributed by atoms with E-state index in [2.05, 4.69) is 20.4 Å². The minimum atomic E-state index is -0.902. The van der Waals surface area contributed by atoms with Gasteiger partial charge in [-0.05, 0) is 42.7 Å². The standard InChI is InChI=1S/C15H22O3/c1-8(2)10-7-15(4)9(3)5-13(17)14(18)11(15)6-12(10)16/h6,9-10,13-14,17-18H,1,5,7H2,2-4H3/t9-,10+,13+,14-,15+/m0/s1. The van der Waals surface area contributed by atoms with Gasteiger partial charge >= 0.3 is 0 Å². The van der Waals surface area contributed by atoms with E-state index in [1.165, 1.54) is 0 Å². The molecule has 0 spiro atoms. The summed E-state index contributed by atoms with van der Waals surface area (Å²) in [6, 6.07) is 0. The summed E-state index contributed by atoms with van der Waals surface area (Å²) in [4.78, 5) is 12.1. The molecule has 100 valence electrons. The molecule has 2 aliphatic rings. The van der Waals surface area contributed by atoms with Crippen molar-refractivity contribution in [1.29, 1.82) is 0 Å². The molecular formula is C15H22O3. The lowest BCUT2D eigenvalue weighted by atomic mass is 9.56. The summed E-state index contributed by atoms with van der Waals surface area (Å²) in [7, 11) is 0. The van der Waals surface area contributed by atoms with E-state index in [1.54, 1.807) is 6.08 Å². The molecule has 2 aliphatic carbocycles. The average molecular weight is 250 g/mol. The van der Waals surface area contributed by atoms with E-state index in [1.807, 2.05) is 6.92 Å². The van der Waals surface area contributed by atoms with Crippen molar-refractivity contribution in [3.05, 3.63) is 23.8 Å². The van der Waals surface area contributed by atoms with Gasteiger partial charge in [0.25, 0.3) is 0 Å². The van der Waals surface area contributed by atoms with Crippen LogP contribution in [0.3, 0.4) is 0 Å². The lowest BCUT2D eigenvalue weighted by Gasteiger charge is -2.49. The van der Waals surface area contributed by atoms with Crippen LogP contribution in [-0.2, 0) is 4.79 Å². The van der Waals surface area contributed by atoms with Crippen molar-refractivity contribution in [1.82, 2.24) is 0 Å². The lowest BCUT2D eigenvalue weighted by molar-refractivity contribution is -0.120. The fourth-order valence-electron chi connectivity index (χ4n) is 3.35. The maximum absolute atomic E-state index is 12.1. The first-order chi connectivity index (χ1) is 8.27. The van der Waals surface area contributed by atoms with Crippen molar-refractivity contribution in [3.63, 3.8) is 0 Å². The summed E-state index contributed by atoms with van der Waals surface area (Å²) in [5, 5.41) is 19.9. The first kappa shape index (κ1) is 13.5. The molecule has 1 saturated carbocycles. The molecule has 3 heteroatoms. The van der Waals surface area contributed by atoms with Gasteiger partial charge in [-0.3, -0.25) is 4.79 Å². The highest BCUT2D eigenvalue weighted by atomic mass is 16.3. The zero-order chi connectivity index (χ0) is 13.7. The number of rotatable bonds is 1. The van der Waals surface area contributed by atoms with Crippen molar-refractivity contribution in [2.45, 2.75) is 45.8 Å². The van der Waals surface area contributed by atoms with Crippen LogP contribution in [0.4, 0.5) is 0 Å². The van der Waals surface area contributed by atoms with Gasteiger partial charge in [-0.1, -0.05) is 26.0 Å². The Morgan fingerprint density at radius 2 is 2.11 bits per heavy atom. The molecule has 3 nitrogen and oxygen atoms in total. The first-order valence-electron chi connectivity index (χ1n) is 6.55. The van der Waals surface area contributed by atoms with Gasteiger partial charge in [0, 0.05) is 5.92 Å². The Kier molecular flexibility index (Phi) is 3.24. The second-order valence-electron chi connectivity index (χ2n) is 6.17. The molecule has 18 heavy (non-hydrogen) atoms. The Balaban J connectivity index is 2.45. The second-order valence-corrected chi connectivity index (χ2v) is 6.17. The van der Waals surface area contributed by atoms with Crippen LogP contribution in [0.2, 0.25) is 0 Å². The van der Waals surface area contributed by atoms with E-state index in [0.717, 1.165) is 5.57 Å². The Bertz CT molecular complexity index is 423. The van der Waals surface area contributed by atoms with Crippen LogP contribution in [0.1, 0.15) is 33.6 Å². The molecule has 5 atom stereocenters. The van der Waals surface area contributed by atoms with Gasteiger partial charge < -0.3 is 10.2 Å². The molecule has 0 aromatic carbocycles. The summed E-state index contributed by atoms with van der Waals surface area (Å²) in [6.45, 7) is 9.94. The number of hydrogen-bond donors (Lipinski definition) is 2. The number of hydrogen-bond acceptors (Lipinski definition) is 3. The van der Waals surface area contributed by atoms with Crippen LogP contribution >= 0.6 is 0 Å². The number of ketones is 1. The molecule has 0 aromatic rings. The second kappa shape index (κ2) is 4.32. The largest absolute Gasteiger partial charge is 0.390 e. The normalized spacial score (nSPS) is 44.3. The number of aliphatic hydroxyl groups is 2. The molecule has 0 bridgehead atoms. The van der Waals surface area contributed by atoms with Crippen molar-refractivity contribution in [3.8, 4) is 0 Å². The molecule has 0 aliphatic heterocycles. The van der Waals surface area contributed by atoms with E-state index in [-0.39, 0.29) is 23.0 Å². The highest BCUT2D eigenvalue weighted by Crippen LogP contribution is 2.52. The van der Waals surface area contributed by atoms with E-state index < -0.39 is 12.2 Å². The molecular weight excluding hydrogens is 228 g/mol. The summed E-state index contributed by atoms with van der Waals surface area (Å²) in [5.41, 5.74) is 1.37. The molecule has 0 amide bonds. The Hall–Kier alpha value is -0.930. The lowest BCUT2D eigenvalue weighted by Crippen LogP contribution is -2.50. The number of allylic oxidation sites excluding steroid dienone is 2. The van der Waals surface area contributed by atoms with Crippen LogP contribution in [0.25, 0.3) is 0 Å². The number of carbonyl (C=O) groups is 1. The summed E-state index contributed by atoms with van der Waals surface area (Å²) < 4.78 is 0. The Labute approximate surface area is 108 Å². The van der Waals surface area contributed by atoms with Gasteiger partial charge in [0.15, 0.2) is 5.78 Å². The monoisotopic (exact) mass is 250 g/mol. The zero-order valence-electron chi connectivity index (χ0n) is 11.3. The molecule has 0 saturated heterocycles. The maximum atomic E-state index is 12.1. The first-order valence-corrected chi connectivity index (χ1v) is 6.55. The predicted octanol–water partition coefficient (Wildman–Crippen LogP) is 1.85. The van der Waals surface area contributed by atoms with Crippen molar-refractivity contribution in [2.24, 2.45) is 17.3 Å². The van der Waals surface area contributed by atoms with Crippen molar-refractivity contribution in [2.75, 3.05) is 0 Å². The third kappa shape index (κ3) is 1.86. The highest BCUT2D eigenvalue weighted by Gasteiger charge is 2.49.